The number of esters is 1. The van der Waals surface area contributed by atoms with Gasteiger partial charge in [0.05, 0.1) is 26.4 Å². The van der Waals surface area contributed by atoms with E-state index in [1.54, 1.807) is 0 Å². The Balaban J connectivity index is 1.76. The minimum absolute atomic E-state index is 0.01000. The Morgan fingerprint density at radius 1 is 0.737 bits per heavy atom. The number of carbonyl (C=O) groups is 1. The molecule has 7 heteroatoms. The Hall–Kier alpha value is -3.33. The lowest BCUT2D eigenvalue weighted by molar-refractivity contribution is -0.168. The number of hydrogen-bond donors (Lipinski definition) is 2. The second-order valence-corrected chi connectivity index (χ2v) is 8.81. The van der Waals surface area contributed by atoms with Gasteiger partial charge in [0, 0.05) is 6.92 Å². The van der Waals surface area contributed by atoms with Crippen molar-refractivity contribution in [1.82, 2.24) is 0 Å². The summed E-state index contributed by atoms with van der Waals surface area (Å²) < 4.78 is 23.1. The number of aliphatic hydroxyl groups is 2. The molecule has 3 aromatic rings. The highest BCUT2D eigenvalue weighted by atomic mass is 16.6. The van der Waals surface area contributed by atoms with Gasteiger partial charge in [0.1, 0.15) is 31.0 Å². The molecule has 1 unspecified atom stereocenters. The molecule has 0 saturated heterocycles. The van der Waals surface area contributed by atoms with Crippen LogP contribution in [0.1, 0.15) is 23.6 Å². The average Bonchev–Trinajstić information content (AvgIpc) is 2.94. The van der Waals surface area contributed by atoms with Crippen LogP contribution in [0.3, 0.4) is 0 Å². The third-order valence-corrected chi connectivity index (χ3v) is 5.73. The molecule has 0 aromatic heterocycles. The second-order valence-electron chi connectivity index (χ2n) is 8.81. The molecule has 0 aliphatic heterocycles. The molecular formula is C31H36O7. The van der Waals surface area contributed by atoms with E-state index >= 15 is 0 Å². The molecule has 38 heavy (non-hydrogen) atoms. The van der Waals surface area contributed by atoms with Gasteiger partial charge in [-0.2, -0.15) is 0 Å². The number of carbonyl (C=O) groups excluding carboxylic acids is 1. The minimum Gasteiger partial charge on any atom is -0.462 e. The Morgan fingerprint density at radius 3 is 1.71 bits per heavy atom. The van der Waals surface area contributed by atoms with Crippen molar-refractivity contribution in [3.8, 4) is 0 Å². The molecule has 3 aromatic carbocycles. The summed E-state index contributed by atoms with van der Waals surface area (Å²) in [6.45, 7) is 2.03. The van der Waals surface area contributed by atoms with Crippen molar-refractivity contribution in [3.05, 3.63) is 120 Å². The van der Waals surface area contributed by atoms with E-state index in [-0.39, 0.29) is 26.4 Å². The number of rotatable bonds is 16. The van der Waals surface area contributed by atoms with Gasteiger partial charge in [-0.3, -0.25) is 4.79 Å². The average molecular weight is 521 g/mol. The van der Waals surface area contributed by atoms with E-state index in [1.165, 1.54) is 19.1 Å². The van der Waals surface area contributed by atoms with Crippen molar-refractivity contribution in [2.45, 2.75) is 51.2 Å². The molecule has 2 N–H and O–H groups in total. The monoisotopic (exact) mass is 520 g/mol. The van der Waals surface area contributed by atoms with Gasteiger partial charge >= 0.3 is 5.97 Å². The first-order valence-corrected chi connectivity index (χ1v) is 12.6. The Kier molecular flexibility index (Phi) is 12.7. The quantitative estimate of drug-likeness (QED) is 0.216. The van der Waals surface area contributed by atoms with Gasteiger partial charge in [0.25, 0.3) is 0 Å². The van der Waals surface area contributed by atoms with E-state index in [1.807, 2.05) is 91.0 Å². The largest absolute Gasteiger partial charge is 0.462 e. The predicted octanol–water partition coefficient (Wildman–Crippen LogP) is 4.22. The fraction of sp³-hybridized carbons (Fsp3) is 0.323. The number of ether oxygens (including phenoxy) is 4. The molecule has 202 valence electrons. The van der Waals surface area contributed by atoms with Gasteiger partial charge < -0.3 is 29.2 Å². The zero-order valence-corrected chi connectivity index (χ0v) is 21.6. The van der Waals surface area contributed by atoms with Crippen LogP contribution in [-0.4, -0.2) is 53.8 Å². The molecule has 0 bridgehead atoms. The van der Waals surface area contributed by atoms with Crippen molar-refractivity contribution in [2.75, 3.05) is 13.2 Å². The van der Waals surface area contributed by atoms with E-state index in [0.29, 0.717) is 6.61 Å². The van der Waals surface area contributed by atoms with Crippen molar-refractivity contribution < 1.29 is 34.0 Å². The first kappa shape index (κ1) is 29.2. The van der Waals surface area contributed by atoms with Crippen LogP contribution >= 0.6 is 0 Å². The van der Waals surface area contributed by atoms with E-state index in [4.69, 9.17) is 18.9 Å². The zero-order chi connectivity index (χ0) is 27.0. The second kappa shape index (κ2) is 16.5. The summed E-state index contributed by atoms with van der Waals surface area (Å²) in [7, 11) is 0. The van der Waals surface area contributed by atoms with Crippen molar-refractivity contribution in [3.63, 3.8) is 0 Å². The fourth-order valence-corrected chi connectivity index (χ4v) is 3.78. The molecule has 0 amide bonds. The van der Waals surface area contributed by atoms with Crippen LogP contribution in [-0.2, 0) is 43.6 Å². The summed E-state index contributed by atoms with van der Waals surface area (Å²) in [4.78, 5) is 11.1. The van der Waals surface area contributed by atoms with Gasteiger partial charge in [-0.25, -0.2) is 0 Å². The summed E-state index contributed by atoms with van der Waals surface area (Å²) >= 11 is 0. The van der Waals surface area contributed by atoms with E-state index in [2.05, 4.69) is 0 Å². The van der Waals surface area contributed by atoms with Gasteiger partial charge in [0.2, 0.25) is 0 Å². The summed E-state index contributed by atoms with van der Waals surface area (Å²) in [5.41, 5.74) is 2.80. The molecule has 4 atom stereocenters. The predicted molar refractivity (Wildman–Crippen MR) is 144 cm³/mol. The third kappa shape index (κ3) is 10.6. The summed E-state index contributed by atoms with van der Waals surface area (Å²) in [5.74, 6) is -0.420. The number of benzene rings is 3. The van der Waals surface area contributed by atoms with Gasteiger partial charge in [0.15, 0.2) is 0 Å². The molecular weight excluding hydrogens is 484 g/mol. The van der Waals surface area contributed by atoms with Crippen LogP contribution in [0.25, 0.3) is 0 Å². The Bertz CT molecular complexity index is 1070. The highest BCUT2D eigenvalue weighted by Gasteiger charge is 2.35. The Labute approximate surface area is 224 Å². The third-order valence-electron chi connectivity index (χ3n) is 5.73. The molecule has 3 rings (SSSR count). The first-order valence-electron chi connectivity index (χ1n) is 12.6. The molecule has 0 aliphatic rings. The standard InChI is InChI=1S/C31H36O7/c1-24(32)36-19-11-18-28(33)30(37-21-26-14-7-3-8-15-26)31(38-22-27-16-9-4-10-17-27)29(34)23-35-20-25-12-5-2-6-13-25/h2-18,28-31,33-34H,19-23H2,1H3/b18-11+/t28-,29?,30+,31+/m0/s1. The molecule has 0 fully saturated rings. The minimum atomic E-state index is -1.15. The van der Waals surface area contributed by atoms with E-state index < -0.39 is 30.4 Å². The molecule has 0 aliphatic carbocycles. The SMILES string of the molecule is CC(=O)OC/C=C/[C@H](O)[C@@H](OCc1ccccc1)[C@H](OCc1ccccc1)C(O)COCc1ccccc1. The van der Waals surface area contributed by atoms with Gasteiger partial charge in [-0.15, -0.1) is 0 Å². The van der Waals surface area contributed by atoms with Crippen LogP contribution in [0, 0.1) is 0 Å². The summed E-state index contributed by atoms with van der Waals surface area (Å²) in [6.07, 6.45) is -1.10. The van der Waals surface area contributed by atoms with Gasteiger partial charge in [-0.1, -0.05) is 97.1 Å². The van der Waals surface area contributed by atoms with Crippen LogP contribution in [0.5, 0.6) is 0 Å². The number of aliphatic hydroxyl groups excluding tert-OH is 2. The van der Waals surface area contributed by atoms with Crippen LogP contribution in [0.2, 0.25) is 0 Å². The summed E-state index contributed by atoms with van der Waals surface area (Å²) in [5, 5.41) is 22.3. The maximum absolute atomic E-state index is 11.2. The van der Waals surface area contributed by atoms with E-state index in [0.717, 1.165) is 16.7 Å². The van der Waals surface area contributed by atoms with Crippen molar-refractivity contribution in [2.24, 2.45) is 0 Å². The van der Waals surface area contributed by atoms with E-state index in [9.17, 15) is 15.0 Å². The number of hydrogen-bond acceptors (Lipinski definition) is 7. The maximum Gasteiger partial charge on any atom is 0.302 e. The fourth-order valence-electron chi connectivity index (χ4n) is 3.78. The lowest BCUT2D eigenvalue weighted by atomic mass is 10.0. The highest BCUT2D eigenvalue weighted by molar-refractivity contribution is 5.65. The lowest BCUT2D eigenvalue weighted by Gasteiger charge is -2.33. The Morgan fingerprint density at radius 2 is 1.21 bits per heavy atom. The molecule has 0 radical (unpaired) electrons. The molecule has 7 nitrogen and oxygen atoms in total. The van der Waals surface area contributed by atoms with Crippen LogP contribution in [0.4, 0.5) is 0 Å². The highest BCUT2D eigenvalue weighted by Crippen LogP contribution is 2.19. The smallest absolute Gasteiger partial charge is 0.302 e. The normalized spacial score (nSPS) is 14.6. The maximum atomic E-state index is 11.2. The topological polar surface area (TPSA) is 94.5 Å². The molecule has 0 spiro atoms. The molecule has 0 saturated carbocycles. The van der Waals surface area contributed by atoms with Gasteiger partial charge in [-0.05, 0) is 22.8 Å². The first-order chi connectivity index (χ1) is 18.5. The van der Waals surface area contributed by atoms with Crippen molar-refractivity contribution in [1.29, 1.82) is 0 Å². The molecule has 0 heterocycles. The summed E-state index contributed by atoms with van der Waals surface area (Å²) in [6, 6.07) is 28.8. The lowest BCUT2D eigenvalue weighted by Crippen LogP contribution is -2.48. The van der Waals surface area contributed by atoms with Crippen LogP contribution in [0.15, 0.2) is 103 Å². The zero-order valence-electron chi connectivity index (χ0n) is 21.6. The van der Waals surface area contributed by atoms with Crippen molar-refractivity contribution >= 4 is 5.97 Å². The van der Waals surface area contributed by atoms with Crippen LogP contribution < -0.4 is 0 Å².